The fourth-order valence-corrected chi connectivity index (χ4v) is 2.80. The molecule has 0 radical (unpaired) electrons. The molecule has 1 aliphatic rings. The summed E-state index contributed by atoms with van der Waals surface area (Å²) in [5.41, 5.74) is 10.9. The van der Waals surface area contributed by atoms with Crippen LogP contribution in [-0.2, 0) is 0 Å². The minimum atomic E-state index is 0.715. The second-order valence-corrected chi connectivity index (χ2v) is 5.55. The fourth-order valence-electron chi connectivity index (χ4n) is 2.56. The van der Waals surface area contributed by atoms with Crippen molar-refractivity contribution in [1.82, 2.24) is 4.98 Å². The zero-order chi connectivity index (χ0) is 15.0. The van der Waals surface area contributed by atoms with Crippen molar-refractivity contribution in [2.24, 2.45) is 0 Å². The van der Waals surface area contributed by atoms with Gasteiger partial charge in [-0.2, -0.15) is 0 Å². The first kappa shape index (κ1) is 13.8. The van der Waals surface area contributed by atoms with E-state index >= 15 is 0 Å². The van der Waals surface area contributed by atoms with Crippen LogP contribution in [0.4, 0.5) is 17.2 Å². The number of nitrogens with one attached hydrogen (secondary N) is 1. The van der Waals surface area contributed by atoms with Crippen molar-refractivity contribution in [2.75, 3.05) is 36.6 Å². The molecule has 2 aromatic rings. The highest BCUT2D eigenvalue weighted by Gasteiger charge is 2.18. The number of nitrogens with two attached hydrogens (primary N) is 1. The molecule has 21 heavy (non-hydrogen) atoms. The fraction of sp³-hybridized carbons (Fsp3) is 0.188. The van der Waals surface area contributed by atoms with Crippen LogP contribution in [0.3, 0.4) is 0 Å². The molecule has 0 fully saturated rings. The summed E-state index contributed by atoms with van der Waals surface area (Å²) in [6.45, 7) is 0.781. The van der Waals surface area contributed by atoms with E-state index in [9.17, 15) is 0 Å². The molecule has 4 nitrogen and oxygen atoms in total. The van der Waals surface area contributed by atoms with Crippen molar-refractivity contribution in [2.45, 2.75) is 0 Å². The summed E-state index contributed by atoms with van der Waals surface area (Å²) in [5, 5.41) is 3.78. The van der Waals surface area contributed by atoms with Crippen LogP contribution in [-0.4, -0.2) is 25.6 Å². The maximum Gasteiger partial charge on any atom is 0.127 e. The quantitative estimate of drug-likeness (QED) is 0.835. The Hall–Kier alpha value is -2.20. The van der Waals surface area contributed by atoms with E-state index in [4.69, 9.17) is 17.3 Å². The summed E-state index contributed by atoms with van der Waals surface area (Å²) in [7, 11) is 3.93. The Labute approximate surface area is 129 Å². The average molecular weight is 301 g/mol. The summed E-state index contributed by atoms with van der Waals surface area (Å²) in [5.74, 6) is 0.861. The van der Waals surface area contributed by atoms with Crippen molar-refractivity contribution < 1.29 is 0 Å². The monoisotopic (exact) mass is 300 g/mol. The summed E-state index contributed by atoms with van der Waals surface area (Å²) >= 11 is 6.31. The first-order valence-corrected chi connectivity index (χ1v) is 7.11. The maximum atomic E-state index is 6.31. The summed E-state index contributed by atoms with van der Waals surface area (Å²) in [6, 6.07) is 7.62. The van der Waals surface area contributed by atoms with E-state index in [1.54, 1.807) is 0 Å². The zero-order valence-electron chi connectivity index (χ0n) is 12.0. The number of likely N-dealkylation sites (N-methyl/N-ethyl adjacent to an activating group) is 1. The van der Waals surface area contributed by atoms with Crippen molar-refractivity contribution in [3.63, 3.8) is 0 Å². The smallest absolute Gasteiger partial charge is 0.127 e. The van der Waals surface area contributed by atoms with Crippen LogP contribution in [0.2, 0.25) is 5.02 Å². The van der Waals surface area contributed by atoms with E-state index in [1.807, 2.05) is 37.5 Å². The number of nitrogens with zero attached hydrogens (tertiary/aromatic N) is 2. The Balaban J connectivity index is 2.09. The van der Waals surface area contributed by atoms with Crippen LogP contribution < -0.4 is 16.0 Å². The average Bonchev–Trinajstić information content (AvgIpc) is 2.49. The molecular weight excluding hydrogens is 284 g/mol. The number of fused-ring (bicyclic) bond motifs is 1. The van der Waals surface area contributed by atoms with Gasteiger partial charge < -0.3 is 16.0 Å². The third kappa shape index (κ3) is 2.54. The van der Waals surface area contributed by atoms with E-state index in [1.165, 1.54) is 0 Å². The highest BCUT2D eigenvalue weighted by Crippen LogP contribution is 2.35. The molecule has 0 saturated carbocycles. The maximum absolute atomic E-state index is 6.31. The van der Waals surface area contributed by atoms with Gasteiger partial charge in [-0.05, 0) is 29.8 Å². The molecule has 0 aliphatic carbocycles. The van der Waals surface area contributed by atoms with Gasteiger partial charge in [-0.25, -0.2) is 4.98 Å². The Morgan fingerprint density at radius 3 is 2.90 bits per heavy atom. The second kappa shape index (κ2) is 5.30. The van der Waals surface area contributed by atoms with Gasteiger partial charge in [0.2, 0.25) is 0 Å². The van der Waals surface area contributed by atoms with E-state index in [-0.39, 0.29) is 0 Å². The predicted molar refractivity (Wildman–Crippen MR) is 90.8 cm³/mol. The molecule has 1 aromatic carbocycles. The lowest BCUT2D eigenvalue weighted by Crippen LogP contribution is -2.24. The number of halogens is 1. The van der Waals surface area contributed by atoms with Gasteiger partial charge in [-0.1, -0.05) is 11.6 Å². The number of aromatic nitrogens is 1. The Kier molecular flexibility index (Phi) is 3.47. The van der Waals surface area contributed by atoms with E-state index in [0.717, 1.165) is 34.8 Å². The summed E-state index contributed by atoms with van der Waals surface area (Å²) in [4.78, 5) is 6.56. The lowest BCUT2D eigenvalue weighted by atomic mass is 9.98. The molecular formula is C16H17ClN4. The molecule has 5 heteroatoms. The molecule has 0 bridgehead atoms. The highest BCUT2D eigenvalue weighted by atomic mass is 35.5. The summed E-state index contributed by atoms with van der Waals surface area (Å²) in [6.07, 6.45) is 4.00. The second-order valence-electron chi connectivity index (χ2n) is 5.14. The zero-order valence-corrected chi connectivity index (χ0v) is 12.8. The van der Waals surface area contributed by atoms with Crippen LogP contribution in [0.5, 0.6) is 0 Å². The van der Waals surface area contributed by atoms with Crippen molar-refractivity contribution >= 4 is 40.4 Å². The van der Waals surface area contributed by atoms with Crippen molar-refractivity contribution in [3.8, 4) is 0 Å². The number of hydrogen-bond donors (Lipinski definition) is 2. The van der Waals surface area contributed by atoms with Crippen LogP contribution >= 0.6 is 11.6 Å². The third-order valence-corrected chi connectivity index (χ3v) is 3.98. The van der Waals surface area contributed by atoms with Gasteiger partial charge in [0, 0.05) is 60.4 Å². The first-order chi connectivity index (χ1) is 10.1. The molecule has 0 unspecified atom stereocenters. The van der Waals surface area contributed by atoms with E-state index in [2.05, 4.69) is 28.3 Å². The van der Waals surface area contributed by atoms with Crippen LogP contribution in [0, 0.1) is 0 Å². The van der Waals surface area contributed by atoms with Gasteiger partial charge in [0.05, 0.1) is 0 Å². The molecule has 1 aromatic heterocycles. The van der Waals surface area contributed by atoms with Crippen LogP contribution in [0.15, 0.2) is 30.5 Å². The summed E-state index contributed by atoms with van der Waals surface area (Å²) < 4.78 is 0. The molecule has 0 amide bonds. The number of rotatable bonds is 2. The minimum Gasteiger partial charge on any atom is -0.399 e. The van der Waals surface area contributed by atoms with Crippen LogP contribution in [0.25, 0.3) is 11.6 Å². The molecule has 1 aliphatic heterocycles. The lowest BCUT2D eigenvalue weighted by molar-refractivity contribution is 1.02. The van der Waals surface area contributed by atoms with Gasteiger partial charge in [-0.3, -0.25) is 0 Å². The molecule has 2 heterocycles. The largest absolute Gasteiger partial charge is 0.399 e. The normalized spacial score (nSPS) is 13.7. The van der Waals surface area contributed by atoms with Gasteiger partial charge in [0.1, 0.15) is 5.82 Å². The van der Waals surface area contributed by atoms with Crippen molar-refractivity contribution in [3.05, 3.63) is 46.6 Å². The molecule has 3 N–H and O–H groups in total. The third-order valence-electron chi connectivity index (χ3n) is 3.65. The first-order valence-electron chi connectivity index (χ1n) is 6.73. The Bertz CT molecular complexity index is 724. The minimum absolute atomic E-state index is 0.715. The van der Waals surface area contributed by atoms with Gasteiger partial charge in [-0.15, -0.1) is 0 Å². The van der Waals surface area contributed by atoms with E-state index < -0.39 is 0 Å². The van der Waals surface area contributed by atoms with E-state index in [0.29, 0.717) is 10.7 Å². The van der Waals surface area contributed by atoms with Gasteiger partial charge in [0.15, 0.2) is 0 Å². The standard InChI is InChI=1S/C16H17ClN4/c1-19-16-7-15-10(8-20-16)5-11(9-21(15)2)13-6-12(18)3-4-14(13)17/h3-8H,9,18H2,1-2H3,(H,19,20). The molecule has 108 valence electrons. The number of hydrogen-bond acceptors (Lipinski definition) is 4. The Morgan fingerprint density at radius 2 is 2.14 bits per heavy atom. The molecule has 0 spiro atoms. The Morgan fingerprint density at radius 1 is 1.33 bits per heavy atom. The van der Waals surface area contributed by atoms with Crippen LogP contribution in [0.1, 0.15) is 11.1 Å². The number of anilines is 3. The molecule has 3 rings (SSSR count). The number of benzene rings is 1. The predicted octanol–water partition coefficient (Wildman–Crippen LogP) is 3.35. The SMILES string of the molecule is CNc1cc2c(cn1)C=C(c1cc(N)ccc1Cl)CN2C. The lowest BCUT2D eigenvalue weighted by Gasteiger charge is -2.28. The number of nitrogen functional groups attached to an aromatic ring is 1. The van der Waals surface area contributed by atoms with Crippen molar-refractivity contribution in [1.29, 1.82) is 0 Å². The highest BCUT2D eigenvalue weighted by molar-refractivity contribution is 6.32. The molecule has 0 saturated heterocycles. The van der Waals surface area contributed by atoms with Gasteiger partial charge in [0.25, 0.3) is 0 Å². The topological polar surface area (TPSA) is 54.2 Å². The molecule has 0 atom stereocenters. The number of pyridine rings is 1. The van der Waals surface area contributed by atoms with Gasteiger partial charge >= 0.3 is 0 Å².